The molecule has 1 aromatic carbocycles. The molecule has 0 saturated carbocycles. The topological polar surface area (TPSA) is 24.7 Å². The highest BCUT2D eigenvalue weighted by molar-refractivity contribution is 6.18. The van der Waals surface area contributed by atoms with Gasteiger partial charge in [0.25, 0.3) is 0 Å². The second-order valence-corrected chi connectivity index (χ2v) is 11.9. The Balaban J connectivity index is 1.63. The fraction of sp³-hybridized carbons (Fsp3) is 0.750. The van der Waals surface area contributed by atoms with Gasteiger partial charge in [0.15, 0.2) is 12.4 Å². The predicted molar refractivity (Wildman–Crippen MR) is 170 cm³/mol. The highest BCUT2D eigenvalue weighted by Gasteiger charge is 2.35. The van der Waals surface area contributed by atoms with Gasteiger partial charge in [0, 0.05) is 0 Å². The van der Waals surface area contributed by atoms with E-state index in [0.29, 0.717) is 11.8 Å². The summed E-state index contributed by atoms with van der Waals surface area (Å²) in [6, 6.07) is 11.1. The molecule has 0 amide bonds. The molecule has 1 aromatic rings. The van der Waals surface area contributed by atoms with Crippen molar-refractivity contribution in [2.45, 2.75) is 162 Å². The smallest absolute Gasteiger partial charge is 0.0965 e. The first-order chi connectivity index (χ1) is 18.8. The van der Waals surface area contributed by atoms with Gasteiger partial charge in [-0.1, -0.05) is 183 Å². The number of nitrogens with zero attached hydrogens (tertiary/aromatic N) is 2. The summed E-state index contributed by atoms with van der Waals surface area (Å²) in [7, 11) is 0. The third kappa shape index (κ3) is 15.7. The van der Waals surface area contributed by atoms with E-state index in [9.17, 15) is 0 Å². The molecule has 0 radical (unpaired) electrons. The molecule has 2 unspecified atom stereocenters. The second-order valence-electron chi connectivity index (χ2n) is 11.9. The van der Waals surface area contributed by atoms with Crippen LogP contribution in [-0.2, 0) is 6.42 Å². The van der Waals surface area contributed by atoms with Gasteiger partial charge < -0.3 is 0 Å². The van der Waals surface area contributed by atoms with Gasteiger partial charge in [-0.2, -0.15) is 0 Å². The first kappa shape index (κ1) is 32.6. The SMILES string of the molecule is CCCCCCCCCCCCCCCCCCC(Cc1ccccc1)C(CCCCCC)[C+]1N=CC=N1. The summed E-state index contributed by atoms with van der Waals surface area (Å²) < 4.78 is 0. The quantitative estimate of drug-likeness (QED) is 0.0855. The second kappa shape index (κ2) is 23.3. The van der Waals surface area contributed by atoms with Crippen molar-refractivity contribution in [3.8, 4) is 0 Å². The molecular weight excluding hydrogens is 460 g/mol. The number of aliphatic imine (C=N–C) groups is 2. The molecule has 0 bridgehead atoms. The molecular formula is C36H61N2+. The van der Waals surface area contributed by atoms with E-state index in [1.807, 2.05) is 12.4 Å². The Morgan fingerprint density at radius 3 is 1.45 bits per heavy atom. The first-order valence-electron chi connectivity index (χ1n) is 16.8. The minimum absolute atomic E-state index is 0.499. The minimum Gasteiger partial charge on any atom is -0.0965 e. The van der Waals surface area contributed by atoms with Crippen molar-refractivity contribution in [2.75, 3.05) is 0 Å². The van der Waals surface area contributed by atoms with E-state index in [2.05, 4.69) is 44.2 Å². The Hall–Kier alpha value is -1.57. The lowest BCUT2D eigenvalue weighted by Crippen LogP contribution is -2.22. The van der Waals surface area contributed by atoms with Crippen LogP contribution in [0.1, 0.15) is 161 Å². The van der Waals surface area contributed by atoms with Crippen LogP contribution in [0.4, 0.5) is 0 Å². The fourth-order valence-corrected chi connectivity index (χ4v) is 6.13. The lowest BCUT2D eigenvalue weighted by molar-refractivity contribution is 0.284. The Labute approximate surface area is 237 Å². The summed E-state index contributed by atoms with van der Waals surface area (Å²) >= 11 is 0. The number of hydrogen-bond acceptors (Lipinski definition) is 2. The molecule has 214 valence electrons. The van der Waals surface area contributed by atoms with Crippen molar-refractivity contribution in [3.63, 3.8) is 0 Å². The summed E-state index contributed by atoms with van der Waals surface area (Å²) in [6.07, 6.45) is 36.8. The monoisotopic (exact) mass is 521 g/mol. The highest BCUT2D eigenvalue weighted by Crippen LogP contribution is 2.37. The molecule has 1 aliphatic heterocycles. The van der Waals surface area contributed by atoms with Crippen molar-refractivity contribution < 1.29 is 0 Å². The zero-order chi connectivity index (χ0) is 26.9. The van der Waals surface area contributed by atoms with Crippen LogP contribution in [0.2, 0.25) is 0 Å². The number of benzene rings is 1. The Bertz CT molecular complexity index is 683. The van der Waals surface area contributed by atoms with E-state index in [1.165, 1.54) is 147 Å². The van der Waals surface area contributed by atoms with E-state index in [-0.39, 0.29) is 0 Å². The van der Waals surface area contributed by atoms with E-state index < -0.39 is 0 Å². The maximum absolute atomic E-state index is 4.69. The molecule has 0 saturated heterocycles. The molecule has 0 spiro atoms. The normalized spacial score (nSPS) is 14.4. The lowest BCUT2D eigenvalue weighted by Gasteiger charge is -2.26. The summed E-state index contributed by atoms with van der Waals surface area (Å²) in [5.74, 6) is 1.14. The van der Waals surface area contributed by atoms with Crippen LogP contribution in [0.5, 0.6) is 0 Å². The molecule has 1 aliphatic rings. The van der Waals surface area contributed by atoms with Gasteiger partial charge in [0.1, 0.15) is 0 Å². The zero-order valence-electron chi connectivity index (χ0n) is 25.4. The summed E-state index contributed by atoms with van der Waals surface area (Å²) in [5.41, 5.74) is 1.47. The van der Waals surface area contributed by atoms with E-state index >= 15 is 0 Å². The van der Waals surface area contributed by atoms with Gasteiger partial charge >= 0.3 is 0 Å². The largest absolute Gasteiger partial charge is 0.244 e. The molecule has 2 nitrogen and oxygen atoms in total. The fourth-order valence-electron chi connectivity index (χ4n) is 6.13. The van der Waals surface area contributed by atoms with Crippen LogP contribution in [0.25, 0.3) is 0 Å². The average molecular weight is 522 g/mol. The summed E-state index contributed by atoms with van der Waals surface area (Å²) in [6.45, 7) is 4.60. The first-order valence-corrected chi connectivity index (χ1v) is 16.8. The molecule has 1 heterocycles. The van der Waals surface area contributed by atoms with Crippen LogP contribution in [0.15, 0.2) is 40.3 Å². The number of hydrogen-bond donors (Lipinski definition) is 0. The van der Waals surface area contributed by atoms with Crippen LogP contribution in [0, 0.1) is 18.0 Å². The number of rotatable bonds is 26. The van der Waals surface area contributed by atoms with Gasteiger partial charge in [-0.05, 0) is 30.7 Å². The number of unbranched alkanes of at least 4 members (excludes halogenated alkanes) is 18. The maximum atomic E-state index is 4.69. The van der Waals surface area contributed by atoms with Crippen molar-refractivity contribution in [3.05, 3.63) is 42.1 Å². The van der Waals surface area contributed by atoms with Crippen molar-refractivity contribution in [1.82, 2.24) is 0 Å². The molecule has 0 aromatic heterocycles. The summed E-state index contributed by atoms with van der Waals surface area (Å²) in [5, 5.41) is 0. The molecule has 2 atom stereocenters. The molecule has 0 aliphatic carbocycles. The van der Waals surface area contributed by atoms with E-state index in [0.717, 1.165) is 12.6 Å². The van der Waals surface area contributed by atoms with Crippen LogP contribution in [-0.4, -0.2) is 12.4 Å². The molecule has 2 rings (SSSR count). The van der Waals surface area contributed by atoms with Crippen molar-refractivity contribution in [1.29, 1.82) is 0 Å². The van der Waals surface area contributed by atoms with Gasteiger partial charge in [-0.15, -0.1) is 0 Å². The highest BCUT2D eigenvalue weighted by atomic mass is 15.0. The van der Waals surface area contributed by atoms with Crippen molar-refractivity contribution in [2.24, 2.45) is 21.8 Å². The van der Waals surface area contributed by atoms with Crippen LogP contribution < -0.4 is 0 Å². The lowest BCUT2D eigenvalue weighted by atomic mass is 9.78. The molecule has 2 heteroatoms. The zero-order valence-corrected chi connectivity index (χ0v) is 25.4. The Morgan fingerprint density at radius 2 is 0.947 bits per heavy atom. The molecule has 0 fully saturated rings. The maximum Gasteiger partial charge on any atom is 0.244 e. The van der Waals surface area contributed by atoms with Gasteiger partial charge in [0.2, 0.25) is 6.17 Å². The third-order valence-corrected chi connectivity index (χ3v) is 8.52. The van der Waals surface area contributed by atoms with Gasteiger partial charge in [-0.3, -0.25) is 0 Å². The van der Waals surface area contributed by atoms with Gasteiger partial charge in [-0.25, -0.2) is 0 Å². The van der Waals surface area contributed by atoms with Crippen LogP contribution >= 0.6 is 0 Å². The Kier molecular flexibility index (Phi) is 20.0. The standard InChI is InChI=1S/C36H61N2/c1-3-5-7-9-10-11-12-13-14-15-16-17-18-19-20-24-28-34(32-33-26-22-21-23-27-33)35(29-25-8-6-4-2)36-37-30-31-38-36/h21-23,26-27,30-31,34-35H,3-20,24-25,28-29,32H2,1-2H3/q+1. The Morgan fingerprint density at radius 1 is 0.526 bits per heavy atom. The predicted octanol–water partition coefficient (Wildman–Crippen LogP) is 11.7. The van der Waals surface area contributed by atoms with Gasteiger partial charge in [0.05, 0.1) is 5.92 Å². The van der Waals surface area contributed by atoms with E-state index in [4.69, 9.17) is 9.98 Å². The summed E-state index contributed by atoms with van der Waals surface area (Å²) in [4.78, 5) is 9.38. The average Bonchev–Trinajstić information content (AvgIpc) is 3.48. The molecule has 38 heavy (non-hydrogen) atoms. The van der Waals surface area contributed by atoms with Crippen LogP contribution in [0.3, 0.4) is 0 Å². The third-order valence-electron chi connectivity index (χ3n) is 8.52. The molecule has 0 N–H and O–H groups in total. The minimum atomic E-state index is 0.499. The van der Waals surface area contributed by atoms with E-state index in [1.54, 1.807) is 0 Å². The van der Waals surface area contributed by atoms with Crippen molar-refractivity contribution >= 4 is 12.4 Å².